The molecule has 0 aliphatic heterocycles. The van der Waals surface area contributed by atoms with E-state index in [-0.39, 0.29) is 5.78 Å². The summed E-state index contributed by atoms with van der Waals surface area (Å²) in [6.07, 6.45) is 2.10. The van der Waals surface area contributed by atoms with Crippen LogP contribution in [0.25, 0.3) is 11.3 Å². The number of pyridine rings is 1. The van der Waals surface area contributed by atoms with Crippen molar-refractivity contribution in [2.24, 2.45) is 0 Å². The Morgan fingerprint density at radius 2 is 1.64 bits per heavy atom. The number of halogens is 1. The molecule has 0 amide bonds. The number of carbonyl (C=O) groups is 1. The third-order valence-corrected chi connectivity index (χ3v) is 3.73. The number of aromatic nitrogens is 1. The topological polar surface area (TPSA) is 30.0 Å². The standard InChI is InChI=1S/C19H14ClNO/c20-16-10-8-14(9-11-16)19(22)13-15-5-1-2-6-17(15)18-7-3-4-12-21-18/h1-12H,13H2. The molecule has 0 saturated carbocycles. The molecule has 0 aliphatic rings. The minimum atomic E-state index is 0.0695. The quantitative estimate of drug-likeness (QED) is 0.646. The molecule has 22 heavy (non-hydrogen) atoms. The van der Waals surface area contributed by atoms with Crippen LogP contribution in [0, 0.1) is 0 Å². The molecule has 3 aromatic rings. The predicted molar refractivity (Wildman–Crippen MR) is 89.2 cm³/mol. The SMILES string of the molecule is O=C(Cc1ccccc1-c1ccccn1)c1ccc(Cl)cc1. The number of hydrogen-bond donors (Lipinski definition) is 0. The van der Waals surface area contributed by atoms with E-state index in [1.165, 1.54) is 0 Å². The van der Waals surface area contributed by atoms with Crippen LogP contribution >= 0.6 is 11.6 Å². The molecule has 0 atom stereocenters. The Balaban J connectivity index is 1.90. The van der Waals surface area contributed by atoms with Crippen molar-refractivity contribution in [3.63, 3.8) is 0 Å². The van der Waals surface area contributed by atoms with Crippen LogP contribution in [0.4, 0.5) is 0 Å². The molecule has 0 N–H and O–H groups in total. The Morgan fingerprint density at radius 3 is 2.36 bits per heavy atom. The second-order valence-corrected chi connectivity index (χ2v) is 5.42. The average molecular weight is 308 g/mol. The van der Waals surface area contributed by atoms with E-state index in [4.69, 9.17) is 11.6 Å². The van der Waals surface area contributed by atoms with Gasteiger partial charge in [0.25, 0.3) is 0 Å². The molecular weight excluding hydrogens is 294 g/mol. The van der Waals surface area contributed by atoms with Crippen molar-refractivity contribution in [2.75, 3.05) is 0 Å². The Kier molecular flexibility index (Phi) is 4.31. The Bertz CT molecular complexity index is 782. The first kappa shape index (κ1) is 14.5. The molecule has 0 bridgehead atoms. The van der Waals surface area contributed by atoms with E-state index in [9.17, 15) is 4.79 Å². The maximum absolute atomic E-state index is 12.4. The number of nitrogens with zero attached hydrogens (tertiary/aromatic N) is 1. The molecule has 0 spiro atoms. The summed E-state index contributed by atoms with van der Waals surface area (Å²) >= 11 is 5.86. The number of rotatable bonds is 4. The van der Waals surface area contributed by atoms with Crippen LogP contribution in [0.5, 0.6) is 0 Å². The first-order valence-electron chi connectivity index (χ1n) is 7.02. The predicted octanol–water partition coefficient (Wildman–Crippen LogP) is 4.83. The Morgan fingerprint density at radius 1 is 0.909 bits per heavy atom. The third kappa shape index (κ3) is 3.23. The number of benzene rings is 2. The van der Waals surface area contributed by atoms with Crippen LogP contribution in [0.3, 0.4) is 0 Å². The van der Waals surface area contributed by atoms with Crippen LogP contribution < -0.4 is 0 Å². The molecule has 108 valence electrons. The van der Waals surface area contributed by atoms with Crippen LogP contribution in [-0.4, -0.2) is 10.8 Å². The summed E-state index contributed by atoms with van der Waals surface area (Å²) < 4.78 is 0. The van der Waals surface area contributed by atoms with Crippen molar-refractivity contribution in [3.8, 4) is 11.3 Å². The monoisotopic (exact) mass is 307 g/mol. The Hall–Kier alpha value is -2.45. The van der Waals surface area contributed by atoms with E-state index in [1.54, 1.807) is 30.5 Å². The van der Waals surface area contributed by atoms with Crippen LogP contribution in [-0.2, 0) is 6.42 Å². The number of carbonyl (C=O) groups excluding carboxylic acids is 1. The summed E-state index contributed by atoms with van der Waals surface area (Å²) in [5.41, 5.74) is 3.51. The van der Waals surface area contributed by atoms with Crippen molar-refractivity contribution in [2.45, 2.75) is 6.42 Å². The summed E-state index contributed by atoms with van der Waals surface area (Å²) in [4.78, 5) is 16.8. The zero-order valence-corrected chi connectivity index (χ0v) is 12.6. The van der Waals surface area contributed by atoms with Gasteiger partial charge in [-0.2, -0.15) is 0 Å². The lowest BCUT2D eigenvalue weighted by molar-refractivity contribution is 0.0993. The van der Waals surface area contributed by atoms with E-state index in [0.717, 1.165) is 16.8 Å². The lowest BCUT2D eigenvalue weighted by Gasteiger charge is -2.08. The van der Waals surface area contributed by atoms with Gasteiger partial charge in [0, 0.05) is 28.8 Å². The van der Waals surface area contributed by atoms with Gasteiger partial charge >= 0.3 is 0 Å². The van der Waals surface area contributed by atoms with Crippen molar-refractivity contribution >= 4 is 17.4 Å². The molecule has 1 aromatic heterocycles. The lowest BCUT2D eigenvalue weighted by atomic mass is 9.97. The average Bonchev–Trinajstić information content (AvgIpc) is 2.57. The largest absolute Gasteiger partial charge is 0.294 e. The highest BCUT2D eigenvalue weighted by molar-refractivity contribution is 6.30. The fourth-order valence-electron chi connectivity index (χ4n) is 2.36. The van der Waals surface area contributed by atoms with E-state index in [0.29, 0.717) is 17.0 Å². The summed E-state index contributed by atoms with van der Waals surface area (Å²) in [5, 5.41) is 0.630. The van der Waals surface area contributed by atoms with Crippen LogP contribution in [0.1, 0.15) is 15.9 Å². The second-order valence-electron chi connectivity index (χ2n) is 4.98. The van der Waals surface area contributed by atoms with Crippen molar-refractivity contribution < 1.29 is 4.79 Å². The molecule has 0 radical (unpaired) electrons. The van der Waals surface area contributed by atoms with Gasteiger partial charge in [0.05, 0.1) is 5.69 Å². The summed E-state index contributed by atoms with van der Waals surface area (Å²) in [6, 6.07) is 20.6. The van der Waals surface area contributed by atoms with Crippen LogP contribution in [0.2, 0.25) is 5.02 Å². The summed E-state index contributed by atoms with van der Waals surface area (Å²) in [7, 11) is 0. The van der Waals surface area contributed by atoms with Crippen molar-refractivity contribution in [1.29, 1.82) is 0 Å². The van der Waals surface area contributed by atoms with E-state index in [2.05, 4.69) is 4.98 Å². The van der Waals surface area contributed by atoms with Gasteiger partial charge < -0.3 is 0 Å². The first-order chi connectivity index (χ1) is 10.7. The molecule has 2 nitrogen and oxygen atoms in total. The van der Waals surface area contributed by atoms with Gasteiger partial charge in [-0.05, 0) is 42.0 Å². The summed E-state index contributed by atoms with van der Waals surface area (Å²) in [6.45, 7) is 0. The molecule has 2 aromatic carbocycles. The maximum Gasteiger partial charge on any atom is 0.167 e. The fraction of sp³-hybridized carbons (Fsp3) is 0.0526. The molecule has 0 aliphatic carbocycles. The highest BCUT2D eigenvalue weighted by Crippen LogP contribution is 2.23. The van der Waals surface area contributed by atoms with Gasteiger partial charge in [0.1, 0.15) is 0 Å². The molecule has 0 fully saturated rings. The minimum Gasteiger partial charge on any atom is -0.294 e. The number of hydrogen-bond acceptors (Lipinski definition) is 2. The molecule has 3 rings (SSSR count). The maximum atomic E-state index is 12.4. The molecule has 3 heteroatoms. The molecular formula is C19H14ClNO. The summed E-state index contributed by atoms with van der Waals surface area (Å²) in [5.74, 6) is 0.0695. The molecule has 0 saturated heterocycles. The normalized spacial score (nSPS) is 10.4. The Labute approximate surface area is 134 Å². The smallest absolute Gasteiger partial charge is 0.167 e. The van der Waals surface area contributed by atoms with Gasteiger partial charge in [0.15, 0.2) is 5.78 Å². The first-order valence-corrected chi connectivity index (χ1v) is 7.40. The molecule has 0 unspecified atom stereocenters. The van der Waals surface area contributed by atoms with Gasteiger partial charge in [-0.3, -0.25) is 9.78 Å². The number of ketones is 1. The van der Waals surface area contributed by atoms with Crippen LogP contribution in [0.15, 0.2) is 72.9 Å². The van der Waals surface area contributed by atoms with E-state index >= 15 is 0 Å². The third-order valence-electron chi connectivity index (χ3n) is 3.48. The van der Waals surface area contributed by atoms with E-state index in [1.807, 2.05) is 42.5 Å². The van der Waals surface area contributed by atoms with Crippen molar-refractivity contribution in [3.05, 3.63) is 89.1 Å². The van der Waals surface area contributed by atoms with Gasteiger partial charge in [-0.15, -0.1) is 0 Å². The zero-order valence-electron chi connectivity index (χ0n) is 11.9. The highest BCUT2D eigenvalue weighted by Gasteiger charge is 2.11. The second kappa shape index (κ2) is 6.54. The minimum absolute atomic E-state index is 0.0695. The molecule has 1 heterocycles. The zero-order chi connectivity index (χ0) is 15.4. The number of Topliss-reactive ketones (excluding diaryl/α,β-unsaturated/α-hetero) is 1. The van der Waals surface area contributed by atoms with Crippen molar-refractivity contribution in [1.82, 2.24) is 4.98 Å². The highest BCUT2D eigenvalue weighted by atomic mass is 35.5. The van der Waals surface area contributed by atoms with E-state index < -0.39 is 0 Å². The fourth-order valence-corrected chi connectivity index (χ4v) is 2.48. The van der Waals surface area contributed by atoms with Gasteiger partial charge in [0.2, 0.25) is 0 Å². The van der Waals surface area contributed by atoms with Gasteiger partial charge in [-0.1, -0.05) is 41.9 Å². The lowest BCUT2D eigenvalue weighted by Crippen LogP contribution is -2.04. The van der Waals surface area contributed by atoms with Gasteiger partial charge in [-0.25, -0.2) is 0 Å².